The molecule has 2 atom stereocenters. The molecule has 1 amide bonds. The van der Waals surface area contributed by atoms with Crippen LogP contribution in [0.4, 0.5) is 0 Å². The zero-order chi connectivity index (χ0) is 22.0. The number of esters is 1. The van der Waals surface area contributed by atoms with Crippen molar-refractivity contribution in [2.24, 2.45) is 0 Å². The van der Waals surface area contributed by atoms with Crippen molar-refractivity contribution in [1.29, 1.82) is 0 Å². The third kappa shape index (κ3) is 4.27. The van der Waals surface area contributed by atoms with Crippen LogP contribution in [-0.4, -0.2) is 34.4 Å². The summed E-state index contributed by atoms with van der Waals surface area (Å²) in [5.74, 6) is -0.335. The van der Waals surface area contributed by atoms with Crippen molar-refractivity contribution in [3.63, 3.8) is 0 Å². The van der Waals surface area contributed by atoms with Crippen LogP contribution in [-0.2, 0) is 9.53 Å². The molecule has 0 radical (unpaired) electrons. The maximum absolute atomic E-state index is 12.8. The van der Waals surface area contributed by atoms with Gasteiger partial charge in [-0.05, 0) is 32.0 Å². The van der Waals surface area contributed by atoms with Crippen LogP contribution in [0, 0.1) is 6.92 Å². The van der Waals surface area contributed by atoms with Crippen molar-refractivity contribution < 1.29 is 19.1 Å². The molecule has 0 saturated carbocycles. The number of halogens is 1. The number of benzene rings is 2. The second-order valence-corrected chi connectivity index (χ2v) is 7.64. The molecule has 0 bridgehead atoms. The number of fused-ring (bicyclic) bond motifs is 1. The molecule has 160 valence electrons. The number of aromatic nitrogens is 2. The fraction of sp³-hybridized carbons (Fsp3) is 0.261. The molecular formula is C23H22ClN3O4. The highest BCUT2D eigenvalue weighted by Crippen LogP contribution is 2.31. The van der Waals surface area contributed by atoms with Crippen LogP contribution >= 0.6 is 11.6 Å². The summed E-state index contributed by atoms with van der Waals surface area (Å²) >= 11 is 6.42. The minimum Gasteiger partial charge on any atom is -0.493 e. The molecule has 0 fully saturated rings. The molecule has 31 heavy (non-hydrogen) atoms. The van der Waals surface area contributed by atoms with Crippen molar-refractivity contribution in [3.05, 3.63) is 76.6 Å². The molecule has 2 heterocycles. The average Bonchev–Trinajstić information content (AvgIpc) is 3.08. The summed E-state index contributed by atoms with van der Waals surface area (Å²) in [4.78, 5) is 25.5. The highest BCUT2D eigenvalue weighted by atomic mass is 35.5. The summed E-state index contributed by atoms with van der Waals surface area (Å²) in [7, 11) is 0. The van der Waals surface area contributed by atoms with Crippen LogP contribution in [0.3, 0.4) is 0 Å². The Morgan fingerprint density at radius 3 is 2.68 bits per heavy atom. The Morgan fingerprint density at radius 1 is 1.19 bits per heavy atom. The second kappa shape index (κ2) is 8.81. The lowest BCUT2D eigenvalue weighted by Crippen LogP contribution is -2.39. The van der Waals surface area contributed by atoms with Gasteiger partial charge in [0.15, 0.2) is 6.10 Å². The second-order valence-electron chi connectivity index (χ2n) is 7.28. The Hall–Kier alpha value is -3.32. The van der Waals surface area contributed by atoms with Gasteiger partial charge in [-0.25, -0.2) is 9.48 Å². The van der Waals surface area contributed by atoms with Crippen molar-refractivity contribution in [3.8, 4) is 11.4 Å². The maximum atomic E-state index is 12.8. The van der Waals surface area contributed by atoms with E-state index in [1.165, 1.54) is 11.6 Å². The molecule has 2 unspecified atom stereocenters. The van der Waals surface area contributed by atoms with Gasteiger partial charge in [0.05, 0.1) is 24.0 Å². The van der Waals surface area contributed by atoms with Crippen molar-refractivity contribution in [2.75, 3.05) is 6.61 Å². The minimum atomic E-state index is -1.00. The van der Waals surface area contributed by atoms with E-state index in [4.69, 9.17) is 21.1 Å². The number of hydrogen-bond donors (Lipinski definition) is 1. The number of carbonyl (C=O) groups is 2. The quantitative estimate of drug-likeness (QED) is 0.607. The number of carbonyl (C=O) groups excluding carboxylic acids is 2. The lowest BCUT2D eigenvalue weighted by atomic mass is 10.0. The van der Waals surface area contributed by atoms with E-state index in [9.17, 15) is 9.59 Å². The zero-order valence-corrected chi connectivity index (χ0v) is 17.9. The number of amides is 1. The maximum Gasteiger partial charge on any atom is 0.344 e. The molecule has 4 rings (SSSR count). The van der Waals surface area contributed by atoms with Crippen LogP contribution in [0.2, 0.25) is 5.15 Å². The van der Waals surface area contributed by atoms with Gasteiger partial charge in [0.25, 0.3) is 5.91 Å². The molecular weight excluding hydrogens is 418 g/mol. The lowest BCUT2D eigenvalue weighted by Gasteiger charge is -2.27. The smallest absolute Gasteiger partial charge is 0.344 e. The predicted molar refractivity (Wildman–Crippen MR) is 116 cm³/mol. The summed E-state index contributed by atoms with van der Waals surface area (Å²) in [5.41, 5.74) is 2.19. The monoisotopic (exact) mass is 439 g/mol. The molecule has 1 aromatic heterocycles. The van der Waals surface area contributed by atoms with Crippen LogP contribution < -0.4 is 10.1 Å². The third-order valence-electron chi connectivity index (χ3n) is 5.14. The standard InChI is InChI=1S/C23H22ClN3O4/c1-14-20(21(24)27(26-14)16-8-4-3-5-9-16)23(29)31-15(2)22(28)25-18-12-13-30-19-11-7-6-10-17(18)19/h3-11,15,18H,12-13H2,1-2H3,(H,25,28). The first kappa shape index (κ1) is 20.9. The highest BCUT2D eigenvalue weighted by Gasteiger charge is 2.29. The van der Waals surface area contributed by atoms with Gasteiger partial charge in [-0.2, -0.15) is 5.10 Å². The first-order chi connectivity index (χ1) is 15.0. The highest BCUT2D eigenvalue weighted by molar-refractivity contribution is 6.33. The summed E-state index contributed by atoms with van der Waals surface area (Å²) in [6.45, 7) is 3.71. The summed E-state index contributed by atoms with van der Waals surface area (Å²) in [6, 6.07) is 16.6. The Labute approximate surface area is 184 Å². The average molecular weight is 440 g/mol. The summed E-state index contributed by atoms with van der Waals surface area (Å²) in [5, 5.41) is 7.42. The van der Waals surface area contributed by atoms with Gasteiger partial charge in [0, 0.05) is 12.0 Å². The van der Waals surface area contributed by atoms with Crippen LogP contribution in [0.1, 0.15) is 41.0 Å². The number of ether oxygens (including phenoxy) is 2. The fourth-order valence-electron chi connectivity index (χ4n) is 3.53. The van der Waals surface area contributed by atoms with Crippen LogP contribution in [0.5, 0.6) is 5.75 Å². The molecule has 1 aliphatic heterocycles. The first-order valence-electron chi connectivity index (χ1n) is 9.99. The van der Waals surface area contributed by atoms with Crippen molar-refractivity contribution in [1.82, 2.24) is 15.1 Å². The molecule has 8 heteroatoms. The Bertz CT molecular complexity index is 1110. The number of rotatable bonds is 5. The molecule has 0 aliphatic carbocycles. The Kier molecular flexibility index (Phi) is 5.95. The lowest BCUT2D eigenvalue weighted by molar-refractivity contribution is -0.130. The SMILES string of the molecule is Cc1nn(-c2ccccc2)c(Cl)c1C(=O)OC(C)C(=O)NC1CCOc2ccccc21. The van der Waals surface area contributed by atoms with E-state index in [0.717, 1.165) is 17.0 Å². The van der Waals surface area contributed by atoms with E-state index in [0.29, 0.717) is 18.7 Å². The largest absolute Gasteiger partial charge is 0.493 e. The van der Waals surface area contributed by atoms with Crippen molar-refractivity contribution in [2.45, 2.75) is 32.4 Å². The van der Waals surface area contributed by atoms with E-state index in [1.54, 1.807) is 6.92 Å². The van der Waals surface area contributed by atoms with Crippen LogP contribution in [0.25, 0.3) is 5.69 Å². The number of aryl methyl sites for hydroxylation is 1. The van der Waals surface area contributed by atoms with Crippen molar-refractivity contribution >= 4 is 23.5 Å². The Morgan fingerprint density at radius 2 is 1.90 bits per heavy atom. The predicted octanol–water partition coefficient (Wildman–Crippen LogP) is 4.02. The van der Waals surface area contributed by atoms with Gasteiger partial charge in [-0.3, -0.25) is 4.79 Å². The van der Waals surface area contributed by atoms with Gasteiger partial charge in [0.2, 0.25) is 0 Å². The molecule has 3 aromatic rings. The number of para-hydroxylation sites is 2. The van der Waals surface area contributed by atoms with Gasteiger partial charge in [-0.15, -0.1) is 0 Å². The summed E-state index contributed by atoms with van der Waals surface area (Å²) in [6.07, 6.45) is -0.365. The number of hydrogen-bond acceptors (Lipinski definition) is 5. The van der Waals surface area contributed by atoms with E-state index >= 15 is 0 Å². The molecule has 0 spiro atoms. The van der Waals surface area contributed by atoms with Gasteiger partial charge in [0.1, 0.15) is 16.5 Å². The molecule has 0 saturated heterocycles. The fourth-order valence-corrected chi connectivity index (χ4v) is 3.87. The molecule has 2 aromatic carbocycles. The van der Waals surface area contributed by atoms with Gasteiger partial charge >= 0.3 is 5.97 Å². The van der Waals surface area contributed by atoms with E-state index in [1.807, 2.05) is 54.6 Å². The van der Waals surface area contributed by atoms with E-state index < -0.39 is 12.1 Å². The van der Waals surface area contributed by atoms with Gasteiger partial charge in [-0.1, -0.05) is 48.0 Å². The third-order valence-corrected chi connectivity index (χ3v) is 5.49. The summed E-state index contributed by atoms with van der Waals surface area (Å²) < 4.78 is 12.5. The number of nitrogens with one attached hydrogen (secondary N) is 1. The topological polar surface area (TPSA) is 82.5 Å². The van der Waals surface area contributed by atoms with Crippen LogP contribution in [0.15, 0.2) is 54.6 Å². The number of nitrogens with zero attached hydrogens (tertiary/aromatic N) is 2. The van der Waals surface area contributed by atoms with E-state index in [-0.39, 0.29) is 22.7 Å². The minimum absolute atomic E-state index is 0.139. The van der Waals surface area contributed by atoms with Gasteiger partial charge < -0.3 is 14.8 Å². The Balaban J connectivity index is 1.46. The normalized spacial score (nSPS) is 16.0. The molecule has 1 aliphatic rings. The van der Waals surface area contributed by atoms with E-state index in [2.05, 4.69) is 10.4 Å². The molecule has 1 N–H and O–H groups in total. The first-order valence-corrected chi connectivity index (χ1v) is 10.4. The molecule has 7 nitrogen and oxygen atoms in total. The zero-order valence-electron chi connectivity index (χ0n) is 17.2.